The molecule has 0 atom stereocenters. The Hall–Kier alpha value is -1.63. The molecule has 1 aromatic carbocycles. The SMILES string of the molecule is O=C(Cc1c(F)cccc1F)N(CCO)CC(F)F. The van der Waals surface area contributed by atoms with Gasteiger partial charge < -0.3 is 10.0 Å². The van der Waals surface area contributed by atoms with Crippen molar-refractivity contribution in [3.63, 3.8) is 0 Å². The maximum Gasteiger partial charge on any atom is 0.255 e. The van der Waals surface area contributed by atoms with E-state index in [1.165, 1.54) is 0 Å². The van der Waals surface area contributed by atoms with Crippen molar-refractivity contribution in [3.05, 3.63) is 35.4 Å². The highest BCUT2D eigenvalue weighted by Crippen LogP contribution is 2.14. The molecule has 1 rings (SSSR count). The van der Waals surface area contributed by atoms with Gasteiger partial charge in [-0.3, -0.25) is 4.79 Å². The lowest BCUT2D eigenvalue weighted by atomic mass is 10.1. The van der Waals surface area contributed by atoms with Crippen LogP contribution < -0.4 is 0 Å². The van der Waals surface area contributed by atoms with Gasteiger partial charge in [-0.15, -0.1) is 0 Å². The topological polar surface area (TPSA) is 40.5 Å². The molecule has 1 N–H and O–H groups in total. The molecular formula is C12H13F4NO2. The summed E-state index contributed by atoms with van der Waals surface area (Å²) >= 11 is 0. The number of hydrogen-bond acceptors (Lipinski definition) is 2. The molecule has 1 amide bonds. The molecule has 3 nitrogen and oxygen atoms in total. The molecule has 0 unspecified atom stereocenters. The van der Waals surface area contributed by atoms with Crippen LogP contribution in [0.3, 0.4) is 0 Å². The summed E-state index contributed by atoms with van der Waals surface area (Å²) in [5.74, 6) is -2.68. The minimum absolute atomic E-state index is 0.306. The van der Waals surface area contributed by atoms with Gasteiger partial charge in [0.2, 0.25) is 5.91 Å². The molecule has 0 aliphatic rings. The summed E-state index contributed by atoms with van der Waals surface area (Å²) in [5, 5.41) is 8.69. The number of aliphatic hydroxyl groups is 1. The van der Waals surface area contributed by atoms with Crippen LogP contribution in [-0.2, 0) is 11.2 Å². The fourth-order valence-corrected chi connectivity index (χ4v) is 1.57. The molecule has 0 saturated carbocycles. The Balaban J connectivity index is 2.81. The molecule has 0 aliphatic heterocycles. The lowest BCUT2D eigenvalue weighted by Crippen LogP contribution is -2.38. The molecule has 0 aliphatic carbocycles. The number of hydrogen-bond donors (Lipinski definition) is 1. The summed E-state index contributed by atoms with van der Waals surface area (Å²) in [6, 6.07) is 3.10. The van der Waals surface area contributed by atoms with Crippen molar-refractivity contribution in [2.24, 2.45) is 0 Å². The quantitative estimate of drug-likeness (QED) is 0.803. The Labute approximate surface area is 107 Å². The van der Waals surface area contributed by atoms with Gasteiger partial charge in [0.15, 0.2) is 0 Å². The molecule has 19 heavy (non-hydrogen) atoms. The van der Waals surface area contributed by atoms with Crippen LogP contribution in [0.5, 0.6) is 0 Å². The first-order valence-electron chi connectivity index (χ1n) is 5.55. The normalized spacial score (nSPS) is 10.8. The third-order valence-electron chi connectivity index (χ3n) is 2.47. The van der Waals surface area contributed by atoms with Crippen LogP contribution in [0.15, 0.2) is 18.2 Å². The van der Waals surface area contributed by atoms with Crippen molar-refractivity contribution in [2.45, 2.75) is 12.8 Å². The standard InChI is InChI=1S/C12H13F4NO2/c13-9-2-1-3-10(14)8(9)6-12(19)17(4-5-18)7-11(15)16/h1-3,11,18H,4-7H2. The summed E-state index contributed by atoms with van der Waals surface area (Å²) in [7, 11) is 0. The molecular weight excluding hydrogens is 266 g/mol. The molecule has 0 saturated heterocycles. The third-order valence-corrected chi connectivity index (χ3v) is 2.47. The number of amides is 1. The average Bonchev–Trinajstić information content (AvgIpc) is 2.32. The van der Waals surface area contributed by atoms with E-state index in [9.17, 15) is 22.4 Å². The largest absolute Gasteiger partial charge is 0.395 e. The minimum Gasteiger partial charge on any atom is -0.395 e. The van der Waals surface area contributed by atoms with Gasteiger partial charge >= 0.3 is 0 Å². The van der Waals surface area contributed by atoms with E-state index >= 15 is 0 Å². The van der Waals surface area contributed by atoms with Gasteiger partial charge in [0.05, 0.1) is 19.6 Å². The Kier molecular flexibility index (Phi) is 5.75. The zero-order chi connectivity index (χ0) is 14.4. The highest BCUT2D eigenvalue weighted by Gasteiger charge is 2.20. The van der Waals surface area contributed by atoms with Crippen molar-refractivity contribution in [2.75, 3.05) is 19.7 Å². The number of carbonyl (C=O) groups excluding carboxylic acids is 1. The van der Waals surface area contributed by atoms with Gasteiger partial charge in [-0.2, -0.15) is 0 Å². The Morgan fingerprint density at radius 1 is 1.26 bits per heavy atom. The number of benzene rings is 1. The first-order chi connectivity index (χ1) is 8.95. The van der Waals surface area contributed by atoms with Crippen LogP contribution in [0, 0.1) is 11.6 Å². The number of rotatable bonds is 6. The summed E-state index contributed by atoms with van der Waals surface area (Å²) < 4.78 is 51.1. The molecule has 0 bridgehead atoms. The van der Waals surface area contributed by atoms with Gasteiger partial charge in [-0.25, -0.2) is 17.6 Å². The van der Waals surface area contributed by atoms with E-state index in [-0.39, 0.29) is 6.54 Å². The molecule has 0 aromatic heterocycles. The second-order valence-electron chi connectivity index (χ2n) is 3.83. The lowest BCUT2D eigenvalue weighted by Gasteiger charge is -2.21. The zero-order valence-corrected chi connectivity index (χ0v) is 9.95. The van der Waals surface area contributed by atoms with Crippen LogP contribution in [0.1, 0.15) is 5.56 Å². The van der Waals surface area contributed by atoms with Gasteiger partial charge in [0, 0.05) is 12.1 Å². The smallest absolute Gasteiger partial charge is 0.255 e. The molecule has 106 valence electrons. The summed E-state index contributed by atoms with van der Waals surface area (Å²) in [6.07, 6.45) is -3.44. The van der Waals surface area contributed by atoms with Gasteiger partial charge in [-0.05, 0) is 12.1 Å². The third kappa shape index (κ3) is 4.51. The fraction of sp³-hybridized carbons (Fsp3) is 0.417. The molecule has 0 spiro atoms. The van der Waals surface area contributed by atoms with Crippen molar-refractivity contribution in [3.8, 4) is 0 Å². The van der Waals surface area contributed by atoms with Gasteiger partial charge in [0.25, 0.3) is 6.43 Å². The number of nitrogens with zero attached hydrogens (tertiary/aromatic N) is 1. The minimum atomic E-state index is -2.78. The Morgan fingerprint density at radius 2 is 1.84 bits per heavy atom. The maximum atomic E-state index is 13.3. The molecule has 0 heterocycles. The van der Waals surface area contributed by atoms with E-state index < -0.39 is 49.1 Å². The van der Waals surface area contributed by atoms with Crippen LogP contribution in [0.2, 0.25) is 0 Å². The number of alkyl halides is 2. The molecule has 0 radical (unpaired) electrons. The molecule has 1 aromatic rings. The highest BCUT2D eigenvalue weighted by atomic mass is 19.3. The van der Waals surface area contributed by atoms with E-state index in [0.29, 0.717) is 4.90 Å². The van der Waals surface area contributed by atoms with Crippen LogP contribution in [0.25, 0.3) is 0 Å². The van der Waals surface area contributed by atoms with Crippen LogP contribution in [-0.4, -0.2) is 42.0 Å². The maximum absolute atomic E-state index is 13.3. The Bertz CT molecular complexity index is 419. The van der Waals surface area contributed by atoms with Crippen LogP contribution >= 0.6 is 0 Å². The second kappa shape index (κ2) is 7.08. The molecule has 0 fully saturated rings. The van der Waals surface area contributed by atoms with Crippen molar-refractivity contribution >= 4 is 5.91 Å². The first kappa shape index (κ1) is 15.4. The van der Waals surface area contributed by atoms with E-state index in [0.717, 1.165) is 18.2 Å². The predicted molar refractivity (Wildman–Crippen MR) is 59.7 cm³/mol. The van der Waals surface area contributed by atoms with Crippen molar-refractivity contribution in [1.29, 1.82) is 0 Å². The van der Waals surface area contributed by atoms with E-state index in [2.05, 4.69) is 0 Å². The summed E-state index contributed by atoms with van der Waals surface area (Å²) in [4.78, 5) is 12.4. The van der Waals surface area contributed by atoms with Gasteiger partial charge in [-0.1, -0.05) is 6.07 Å². The van der Waals surface area contributed by atoms with Crippen LogP contribution in [0.4, 0.5) is 17.6 Å². The molecule has 7 heteroatoms. The summed E-state index contributed by atoms with van der Waals surface area (Å²) in [5.41, 5.74) is -0.468. The Morgan fingerprint density at radius 3 is 2.32 bits per heavy atom. The number of carbonyl (C=O) groups is 1. The average molecular weight is 279 g/mol. The van der Waals surface area contributed by atoms with Gasteiger partial charge in [0.1, 0.15) is 11.6 Å². The number of halogens is 4. The first-order valence-corrected chi connectivity index (χ1v) is 5.55. The van der Waals surface area contributed by atoms with E-state index in [1.807, 2.05) is 0 Å². The van der Waals surface area contributed by atoms with Crippen molar-refractivity contribution in [1.82, 2.24) is 4.90 Å². The summed E-state index contributed by atoms with van der Waals surface area (Å²) in [6.45, 7) is -1.69. The monoisotopic (exact) mass is 279 g/mol. The number of aliphatic hydroxyl groups excluding tert-OH is 1. The highest BCUT2D eigenvalue weighted by molar-refractivity contribution is 5.79. The fourth-order valence-electron chi connectivity index (χ4n) is 1.57. The predicted octanol–water partition coefficient (Wildman–Crippen LogP) is 1.59. The zero-order valence-electron chi connectivity index (χ0n) is 9.95. The van der Waals surface area contributed by atoms with E-state index in [1.54, 1.807) is 0 Å². The van der Waals surface area contributed by atoms with Crippen molar-refractivity contribution < 1.29 is 27.5 Å². The second-order valence-corrected chi connectivity index (χ2v) is 3.83. The lowest BCUT2D eigenvalue weighted by molar-refractivity contribution is -0.133. The van der Waals surface area contributed by atoms with E-state index in [4.69, 9.17) is 5.11 Å².